The number of aromatic amines is 1. The molecule has 0 aliphatic rings. The number of ether oxygens (including phenoxy) is 1. The van der Waals surface area contributed by atoms with Crippen LogP contribution in [0.15, 0.2) is 29.0 Å². The lowest BCUT2D eigenvalue weighted by atomic mass is 10.4. The van der Waals surface area contributed by atoms with Gasteiger partial charge in [0, 0.05) is 24.8 Å². The van der Waals surface area contributed by atoms with Gasteiger partial charge >= 0.3 is 5.97 Å². The molecule has 0 amide bonds. The van der Waals surface area contributed by atoms with Crippen molar-refractivity contribution in [1.29, 1.82) is 0 Å². The lowest BCUT2D eigenvalue weighted by Crippen LogP contribution is -2.13. The molecule has 0 aliphatic heterocycles. The molecule has 2 rings (SSSR count). The molecule has 0 radical (unpaired) electrons. The van der Waals surface area contributed by atoms with E-state index in [2.05, 4.69) is 20.2 Å². The van der Waals surface area contributed by atoms with Crippen LogP contribution >= 0.6 is 0 Å². The Bertz CT molecular complexity index is 476. The van der Waals surface area contributed by atoms with Crippen molar-refractivity contribution >= 4 is 5.97 Å². The molecule has 0 saturated heterocycles. The van der Waals surface area contributed by atoms with E-state index < -0.39 is 0 Å². The summed E-state index contributed by atoms with van der Waals surface area (Å²) in [5.41, 5.74) is 2.20. The molecule has 17 heavy (non-hydrogen) atoms. The fourth-order valence-electron chi connectivity index (χ4n) is 1.43. The second-order valence-electron chi connectivity index (χ2n) is 3.48. The van der Waals surface area contributed by atoms with Gasteiger partial charge in [0.25, 0.3) is 0 Å². The predicted octanol–water partition coefficient (Wildman–Crippen LogP) is 1.08. The molecule has 2 N–H and O–H groups in total. The second-order valence-corrected chi connectivity index (χ2v) is 3.48. The first-order valence-electron chi connectivity index (χ1n) is 5.16. The molecule has 0 spiro atoms. The van der Waals surface area contributed by atoms with Crippen LogP contribution < -0.4 is 5.32 Å². The fraction of sp³-hybridized carbons (Fsp3) is 0.273. The third-order valence-electron chi connectivity index (χ3n) is 2.26. The topological polar surface area (TPSA) is 80.2 Å². The van der Waals surface area contributed by atoms with Crippen molar-refractivity contribution in [1.82, 2.24) is 15.5 Å². The standard InChI is InChI=1S/C11H13N3O3/c1-16-11(15)10-3-2-8(13-10)6-12-7-9-4-5-17-14-9/h2-5,12-13H,6-7H2,1H3. The largest absolute Gasteiger partial charge is 0.464 e. The minimum absolute atomic E-state index is 0.368. The zero-order chi connectivity index (χ0) is 12.1. The summed E-state index contributed by atoms with van der Waals surface area (Å²) in [5, 5.41) is 6.94. The Morgan fingerprint density at radius 1 is 1.47 bits per heavy atom. The highest BCUT2D eigenvalue weighted by Gasteiger charge is 2.07. The number of hydrogen-bond acceptors (Lipinski definition) is 5. The minimum atomic E-state index is -0.368. The molecule has 2 aromatic rings. The highest BCUT2D eigenvalue weighted by molar-refractivity contribution is 5.87. The number of methoxy groups -OCH3 is 1. The van der Waals surface area contributed by atoms with E-state index in [1.807, 2.05) is 6.07 Å². The number of aromatic nitrogens is 2. The van der Waals surface area contributed by atoms with Crippen LogP contribution in [0.4, 0.5) is 0 Å². The quantitative estimate of drug-likeness (QED) is 0.758. The predicted molar refractivity (Wildman–Crippen MR) is 59.2 cm³/mol. The first-order valence-corrected chi connectivity index (χ1v) is 5.16. The van der Waals surface area contributed by atoms with Crippen molar-refractivity contribution in [2.45, 2.75) is 13.1 Å². The van der Waals surface area contributed by atoms with E-state index in [9.17, 15) is 4.79 Å². The third-order valence-corrected chi connectivity index (χ3v) is 2.26. The monoisotopic (exact) mass is 235 g/mol. The maximum Gasteiger partial charge on any atom is 0.354 e. The first kappa shape index (κ1) is 11.4. The molecule has 0 saturated carbocycles. The molecule has 90 valence electrons. The number of hydrogen-bond donors (Lipinski definition) is 2. The Balaban J connectivity index is 1.83. The van der Waals surface area contributed by atoms with Gasteiger partial charge in [-0.05, 0) is 12.1 Å². The molecule has 0 aromatic carbocycles. The highest BCUT2D eigenvalue weighted by Crippen LogP contribution is 2.03. The van der Waals surface area contributed by atoms with Gasteiger partial charge in [0.1, 0.15) is 12.0 Å². The second kappa shape index (κ2) is 5.31. The summed E-state index contributed by atoms with van der Waals surface area (Å²) in [5.74, 6) is -0.368. The zero-order valence-corrected chi connectivity index (χ0v) is 9.40. The van der Waals surface area contributed by atoms with Crippen LogP contribution in [-0.4, -0.2) is 23.2 Å². The Morgan fingerprint density at radius 3 is 3.06 bits per heavy atom. The Hall–Kier alpha value is -2.08. The minimum Gasteiger partial charge on any atom is -0.464 e. The molecule has 0 aliphatic carbocycles. The Labute approximate surface area is 97.9 Å². The molecule has 0 bridgehead atoms. The van der Waals surface area contributed by atoms with E-state index in [0.717, 1.165) is 11.4 Å². The average Bonchev–Trinajstić information content (AvgIpc) is 2.99. The highest BCUT2D eigenvalue weighted by atomic mass is 16.5. The summed E-state index contributed by atoms with van der Waals surface area (Å²) in [6, 6.07) is 5.32. The van der Waals surface area contributed by atoms with Crippen LogP contribution in [0.3, 0.4) is 0 Å². The van der Waals surface area contributed by atoms with Crippen molar-refractivity contribution in [3.8, 4) is 0 Å². The summed E-state index contributed by atoms with van der Waals surface area (Å²) in [6.07, 6.45) is 1.53. The molecule has 2 aromatic heterocycles. The fourth-order valence-corrected chi connectivity index (χ4v) is 1.43. The molecular formula is C11H13N3O3. The Kier molecular flexibility index (Phi) is 3.56. The van der Waals surface area contributed by atoms with E-state index >= 15 is 0 Å². The molecule has 0 atom stereocenters. The van der Waals surface area contributed by atoms with Gasteiger partial charge < -0.3 is 19.6 Å². The van der Waals surface area contributed by atoms with Crippen LogP contribution in [0.5, 0.6) is 0 Å². The van der Waals surface area contributed by atoms with E-state index in [4.69, 9.17) is 4.52 Å². The van der Waals surface area contributed by atoms with Crippen LogP contribution in [0, 0.1) is 0 Å². The van der Waals surface area contributed by atoms with Gasteiger partial charge in [0.15, 0.2) is 0 Å². The smallest absolute Gasteiger partial charge is 0.354 e. The molecule has 0 fully saturated rings. The number of nitrogens with one attached hydrogen (secondary N) is 2. The zero-order valence-electron chi connectivity index (χ0n) is 9.40. The van der Waals surface area contributed by atoms with Crippen LogP contribution in [0.2, 0.25) is 0 Å². The summed E-state index contributed by atoms with van der Waals surface area (Å²) < 4.78 is 9.31. The summed E-state index contributed by atoms with van der Waals surface area (Å²) >= 11 is 0. The molecule has 2 heterocycles. The molecule has 0 unspecified atom stereocenters. The van der Waals surface area contributed by atoms with Gasteiger partial charge in [0.2, 0.25) is 0 Å². The van der Waals surface area contributed by atoms with Gasteiger partial charge in [-0.2, -0.15) is 0 Å². The van der Waals surface area contributed by atoms with Gasteiger partial charge in [-0.3, -0.25) is 0 Å². The normalized spacial score (nSPS) is 10.4. The number of rotatable bonds is 5. The third kappa shape index (κ3) is 2.94. The lowest BCUT2D eigenvalue weighted by Gasteiger charge is -2.00. The van der Waals surface area contributed by atoms with E-state index in [0.29, 0.717) is 18.8 Å². The number of H-pyrrole nitrogens is 1. The van der Waals surface area contributed by atoms with Gasteiger partial charge in [-0.1, -0.05) is 5.16 Å². The Morgan fingerprint density at radius 2 is 2.35 bits per heavy atom. The summed E-state index contributed by atoms with van der Waals surface area (Å²) in [6.45, 7) is 1.23. The lowest BCUT2D eigenvalue weighted by molar-refractivity contribution is 0.0594. The van der Waals surface area contributed by atoms with Crippen molar-refractivity contribution in [3.05, 3.63) is 41.5 Å². The number of esters is 1. The van der Waals surface area contributed by atoms with Crippen LogP contribution in [0.25, 0.3) is 0 Å². The van der Waals surface area contributed by atoms with Crippen molar-refractivity contribution in [2.75, 3.05) is 7.11 Å². The maximum atomic E-state index is 11.2. The van der Waals surface area contributed by atoms with Crippen molar-refractivity contribution < 1.29 is 14.1 Å². The van der Waals surface area contributed by atoms with Crippen LogP contribution in [-0.2, 0) is 17.8 Å². The van der Waals surface area contributed by atoms with E-state index in [-0.39, 0.29) is 5.97 Å². The van der Waals surface area contributed by atoms with Crippen molar-refractivity contribution in [3.63, 3.8) is 0 Å². The molecular weight excluding hydrogens is 222 g/mol. The summed E-state index contributed by atoms with van der Waals surface area (Å²) in [4.78, 5) is 14.2. The number of carbonyl (C=O) groups excluding carboxylic acids is 1. The number of carbonyl (C=O) groups is 1. The van der Waals surface area contributed by atoms with E-state index in [1.54, 1.807) is 12.1 Å². The first-order chi connectivity index (χ1) is 8.29. The van der Waals surface area contributed by atoms with Gasteiger partial charge in [-0.15, -0.1) is 0 Å². The molecule has 6 nitrogen and oxygen atoms in total. The van der Waals surface area contributed by atoms with Gasteiger partial charge in [0.05, 0.1) is 12.8 Å². The van der Waals surface area contributed by atoms with E-state index in [1.165, 1.54) is 13.4 Å². The number of nitrogens with zero attached hydrogens (tertiary/aromatic N) is 1. The molecule has 6 heteroatoms. The maximum absolute atomic E-state index is 11.2. The van der Waals surface area contributed by atoms with Gasteiger partial charge in [-0.25, -0.2) is 4.79 Å². The van der Waals surface area contributed by atoms with Crippen LogP contribution in [0.1, 0.15) is 21.9 Å². The average molecular weight is 235 g/mol. The SMILES string of the molecule is COC(=O)c1ccc(CNCc2ccon2)[nH]1. The summed E-state index contributed by atoms with van der Waals surface area (Å²) in [7, 11) is 1.35. The van der Waals surface area contributed by atoms with Crippen molar-refractivity contribution in [2.24, 2.45) is 0 Å².